The summed E-state index contributed by atoms with van der Waals surface area (Å²) < 4.78 is 61.0. The molecule has 0 amide bonds. The predicted octanol–water partition coefficient (Wildman–Crippen LogP) is 23.9. The van der Waals surface area contributed by atoms with Crippen molar-refractivity contribution in [2.45, 2.75) is 104 Å². The lowest BCUT2D eigenvalue weighted by atomic mass is 10.1. The lowest BCUT2D eigenvalue weighted by Crippen LogP contribution is -2.24. The van der Waals surface area contributed by atoms with Gasteiger partial charge < -0.3 is 36.2 Å². The van der Waals surface area contributed by atoms with E-state index in [1.165, 1.54) is 96.6 Å². The molecule has 0 spiro atoms. The maximum atomic E-state index is 6.90. The van der Waals surface area contributed by atoms with Gasteiger partial charge in [-0.05, 0) is 276 Å². The number of nitrogens with zero attached hydrogens (tertiary/aromatic N) is 8. The van der Waals surface area contributed by atoms with Crippen LogP contribution in [0.2, 0.25) is 0 Å². The minimum atomic E-state index is -3.75. The Bertz CT molecular complexity index is 5040. The number of benzene rings is 12. The molecule has 26 heteroatoms. The number of hydrogen-bond donors (Lipinski definition) is 0. The van der Waals surface area contributed by atoms with E-state index < -0.39 is 42.4 Å². The zero-order valence-electron chi connectivity index (χ0n) is 69.4. The van der Waals surface area contributed by atoms with Gasteiger partial charge >= 0.3 is 26.6 Å². The zero-order chi connectivity index (χ0) is 85.0. The summed E-state index contributed by atoms with van der Waals surface area (Å²) in [5.41, 5.74) is 5.37. The maximum Gasteiger partial charge on any atom is 0.490 e. The summed E-state index contributed by atoms with van der Waals surface area (Å²) in [7, 11) is 5.40. The van der Waals surface area contributed by atoms with Crippen molar-refractivity contribution in [1.29, 1.82) is 0 Å². The van der Waals surface area contributed by atoms with Gasteiger partial charge in [-0.2, -0.15) is 20.4 Å². The van der Waals surface area contributed by atoms with Crippen LogP contribution in [0, 0.1) is 0 Å². The van der Waals surface area contributed by atoms with Gasteiger partial charge in [0, 0.05) is 51.8 Å². The van der Waals surface area contributed by atoms with Crippen LogP contribution in [-0.2, 0) is 60.1 Å². The van der Waals surface area contributed by atoms with Gasteiger partial charge in [0.15, 0.2) is 0 Å². The molecule has 4 atom stereocenters. The van der Waals surface area contributed by atoms with Gasteiger partial charge in [-0.15, -0.1) is 0 Å². The molecule has 628 valence electrons. The summed E-state index contributed by atoms with van der Waals surface area (Å²) >= 11 is 26.0. The second kappa shape index (κ2) is 44.6. The Morgan fingerprint density at radius 1 is 0.262 bits per heavy atom. The van der Waals surface area contributed by atoms with Crippen LogP contribution in [0.1, 0.15) is 124 Å². The van der Waals surface area contributed by atoms with Crippen LogP contribution in [0.3, 0.4) is 0 Å². The van der Waals surface area contributed by atoms with Crippen LogP contribution in [-0.4, -0.2) is 72.2 Å². The molecule has 8 bridgehead atoms. The minimum absolute atomic E-state index is 0.406. The van der Waals surface area contributed by atoms with E-state index in [-0.39, 0.29) is 0 Å². The van der Waals surface area contributed by atoms with Crippen LogP contribution in [0.4, 0.5) is 0 Å². The van der Waals surface area contributed by atoms with E-state index in [0.717, 1.165) is 58.5 Å². The van der Waals surface area contributed by atoms with Crippen LogP contribution in [0.5, 0.6) is 46.0 Å². The van der Waals surface area contributed by atoms with E-state index in [0.29, 0.717) is 46.0 Å². The highest BCUT2D eigenvalue weighted by Gasteiger charge is 2.34. The van der Waals surface area contributed by atoms with Crippen molar-refractivity contribution in [2.75, 3.05) is 28.2 Å². The van der Waals surface area contributed by atoms with Crippen molar-refractivity contribution < 1.29 is 36.2 Å². The fourth-order valence-electron chi connectivity index (χ4n) is 13.3. The van der Waals surface area contributed by atoms with E-state index in [2.05, 4.69) is 159 Å². The van der Waals surface area contributed by atoms with Gasteiger partial charge in [0.25, 0.3) is 0 Å². The second-order valence-electron chi connectivity index (χ2n) is 29.1. The van der Waals surface area contributed by atoms with Gasteiger partial charge in [-0.25, -0.2) is 19.1 Å². The van der Waals surface area contributed by atoms with Crippen molar-refractivity contribution in [3.63, 3.8) is 0 Å². The number of unbranched alkanes of at least 4 members (excludes halogenated alkanes) is 10. The molecule has 0 fully saturated rings. The molecular formula is C96H102N8O8P6S4. The van der Waals surface area contributed by atoms with Crippen molar-refractivity contribution in [2.24, 2.45) is 20.4 Å². The van der Waals surface area contributed by atoms with Gasteiger partial charge in [0.2, 0.25) is 0 Å². The molecule has 0 saturated carbocycles. The van der Waals surface area contributed by atoms with Crippen LogP contribution >= 0.6 is 42.4 Å². The van der Waals surface area contributed by atoms with Crippen molar-refractivity contribution in [1.82, 2.24) is 19.1 Å². The summed E-state index contributed by atoms with van der Waals surface area (Å²) in [6.45, 7) is -9.68. The summed E-state index contributed by atoms with van der Waals surface area (Å²) in [4.78, 5) is 0. The van der Waals surface area contributed by atoms with E-state index in [1.807, 2.05) is 170 Å². The van der Waals surface area contributed by atoms with Gasteiger partial charge in [0.05, 0.1) is 24.9 Å². The molecule has 4 unspecified atom stereocenters. The van der Waals surface area contributed by atoms with E-state index in [9.17, 15) is 0 Å². The number of hydrazone groups is 4. The molecule has 122 heavy (non-hydrogen) atoms. The van der Waals surface area contributed by atoms with E-state index >= 15 is 0 Å². The Kier molecular flexibility index (Phi) is 33.0. The standard InChI is InChI=1S/C96H102N8O8P6S4/c1-7-9-11-13-15-21-31-77-41-53-83(54-42-77)105-115(119)101(3)97-73-79-45-57-85(58-46-79)107-117(121,111-89-65-69-95(70-66-89)113(91-33-23-17-24-34-91)92-35-25-18-26-36-92)109-87-61-49-81(50-62-87)75-99-103(5)116(120,106-84-55-43-78(44-56-84)32-22-16-14-12-10-8-2)104(6)100-76-82-51-63-88(64-52-82)110-118(122,108-86-59-47-80(48-60-86)74-98-102(115)4)112-90-67-71-96(72-68-90)114(93-37-27-19-28-38-93)94-39-29-20-30-40-94/h17-20,23-30,33-76H,7-16,21-22,31-32H2,1-6H3/b97-73-,98-74-,99-75-,100-76+. The average molecular weight is 1810 g/mol. The monoisotopic (exact) mass is 1810 g/mol. The first-order chi connectivity index (χ1) is 59.4. The smallest absolute Gasteiger partial charge is 0.432 e. The van der Waals surface area contributed by atoms with Gasteiger partial charge in [-0.3, -0.25) is 0 Å². The Balaban J connectivity index is 0.828. The third kappa shape index (κ3) is 25.8. The molecule has 0 N–H and O–H groups in total. The molecule has 0 aromatic heterocycles. The van der Waals surface area contributed by atoms with Gasteiger partial charge in [0.1, 0.15) is 46.0 Å². The molecule has 7 aliphatic rings. The number of rotatable bonds is 28. The summed E-state index contributed by atoms with van der Waals surface area (Å²) in [6.07, 6.45) is 23.4. The first kappa shape index (κ1) is 90.1. The van der Waals surface area contributed by atoms with Crippen LogP contribution in [0.25, 0.3) is 0 Å². The first-order valence-electron chi connectivity index (χ1n) is 41.1. The molecule has 0 radical (unpaired) electrons. The maximum absolute atomic E-state index is 6.90. The topological polar surface area (TPSA) is 136 Å². The third-order valence-corrected chi connectivity index (χ3v) is 36.3. The quantitative estimate of drug-likeness (QED) is 0.0339. The zero-order valence-corrected chi connectivity index (χ0v) is 78.0. The third-order valence-electron chi connectivity index (χ3n) is 20.0. The molecule has 7 aliphatic heterocycles. The molecule has 12 aromatic carbocycles. The Morgan fingerprint density at radius 3 is 0.738 bits per heavy atom. The van der Waals surface area contributed by atoms with Crippen molar-refractivity contribution in [3.05, 3.63) is 349 Å². The Hall–Kier alpha value is -9.62. The molecule has 16 nitrogen and oxygen atoms in total. The van der Waals surface area contributed by atoms with Crippen LogP contribution < -0.4 is 68.0 Å². The molecule has 19 rings (SSSR count). The highest BCUT2D eigenvalue weighted by molar-refractivity contribution is 8.10. The highest BCUT2D eigenvalue weighted by atomic mass is 32.5. The van der Waals surface area contributed by atoms with Crippen LogP contribution in [0.15, 0.2) is 336 Å². The van der Waals surface area contributed by atoms with Gasteiger partial charge in [-0.1, -0.05) is 248 Å². The lowest BCUT2D eigenvalue weighted by molar-refractivity contribution is 0.383. The predicted molar refractivity (Wildman–Crippen MR) is 527 cm³/mol. The SMILES string of the molecule is CCCCCCCCc1ccc(OP2(=S)N(C)/N=C\c3ccc(cc3)OP(=S)(Oc3ccc(P(c4ccccc4)c4ccccc4)cc3)Oc3ccc(cc3)/C=N\N(C)P(=S)(Oc3ccc(CCCCCCCC)cc3)N(C)/N=C/c3ccc(cc3)OP(=S)(Oc3ccc(P(c4ccccc4)c4ccccc4)cc3)Oc3ccc(cc3)/C=N\N2C)cc1. The highest BCUT2D eigenvalue weighted by Crippen LogP contribution is 2.56. The molecule has 0 saturated heterocycles. The Morgan fingerprint density at radius 2 is 0.484 bits per heavy atom. The van der Waals surface area contributed by atoms with E-state index in [1.54, 1.807) is 72.2 Å². The van der Waals surface area contributed by atoms with Crippen molar-refractivity contribution in [3.8, 4) is 46.0 Å². The molecule has 7 heterocycles. The molecule has 12 aromatic rings. The molecule has 0 aliphatic carbocycles. The number of aryl methyl sites for hydroxylation is 2. The summed E-state index contributed by atoms with van der Waals surface area (Å²) in [5, 5.41) is 27.0. The lowest BCUT2D eigenvalue weighted by Gasteiger charge is -2.34. The second-order valence-corrected chi connectivity index (χ2v) is 46.6. The fraction of sp³-hybridized carbons (Fsp3) is 0.208. The minimum Gasteiger partial charge on any atom is -0.432 e. The largest absolute Gasteiger partial charge is 0.490 e. The fourth-order valence-corrected chi connectivity index (χ4v) is 25.6. The van der Waals surface area contributed by atoms with Crippen molar-refractivity contribution >= 4 is 146 Å². The molecular weight excluding hydrogens is 1710 g/mol. The normalized spacial score (nSPS) is 18.8. The first-order valence-corrected chi connectivity index (χ1v) is 54.1. The average Bonchev–Trinajstić information content (AvgIpc) is 0.814. The number of hydrogen-bond acceptors (Lipinski definition) is 16. The summed E-state index contributed by atoms with van der Waals surface area (Å²) in [5.74, 6) is 3.75. The summed E-state index contributed by atoms with van der Waals surface area (Å²) in [6, 6.07) is 104. The van der Waals surface area contributed by atoms with E-state index in [4.69, 9.17) is 104 Å². The Labute approximate surface area is 743 Å².